The number of nitrogens with zero attached hydrogens (tertiary/aromatic N) is 3. The van der Waals surface area contributed by atoms with Gasteiger partial charge in [0.05, 0.1) is 76.2 Å². The van der Waals surface area contributed by atoms with Crippen LogP contribution in [0.3, 0.4) is 0 Å². The van der Waals surface area contributed by atoms with Crippen LogP contribution in [-0.2, 0) is 28.5 Å². The lowest BCUT2D eigenvalue weighted by Gasteiger charge is -2.19. The Morgan fingerprint density at radius 2 is 1.52 bits per heavy atom. The van der Waals surface area contributed by atoms with E-state index in [0.29, 0.717) is 97.6 Å². The Balaban J connectivity index is 1.24. The molecule has 1 amide bonds. The Morgan fingerprint density at radius 3 is 2.17 bits per heavy atom. The van der Waals surface area contributed by atoms with E-state index >= 15 is 0 Å². The third-order valence-corrected chi connectivity index (χ3v) is 7.03. The fourth-order valence-corrected chi connectivity index (χ4v) is 4.78. The second kappa shape index (κ2) is 19.3. The van der Waals surface area contributed by atoms with E-state index in [4.69, 9.17) is 35.3 Å². The maximum atomic E-state index is 12.7. The lowest BCUT2D eigenvalue weighted by molar-refractivity contribution is -0.156. The highest BCUT2D eigenvalue weighted by atomic mass is 35.5. The van der Waals surface area contributed by atoms with Crippen LogP contribution in [-0.4, -0.2) is 91.8 Å². The number of aryl methyl sites for hydroxylation is 2. The van der Waals surface area contributed by atoms with Crippen LogP contribution in [0.1, 0.15) is 48.3 Å². The summed E-state index contributed by atoms with van der Waals surface area (Å²) in [6.07, 6.45) is 1.72. The number of rotatable bonds is 20. The van der Waals surface area contributed by atoms with Gasteiger partial charge in [0, 0.05) is 12.6 Å². The average Bonchev–Trinajstić information content (AvgIpc) is 3.44. The molecule has 0 aliphatic rings. The second-order valence-corrected chi connectivity index (χ2v) is 12.4. The van der Waals surface area contributed by atoms with E-state index in [2.05, 4.69) is 30.9 Å². The number of hydrogen-bond acceptors (Lipinski definition) is 13. The third-order valence-electron chi connectivity index (χ3n) is 5.80. The zero-order chi connectivity index (χ0) is 33.4. The lowest BCUT2D eigenvalue weighted by Crippen LogP contribution is -2.24. The first-order chi connectivity index (χ1) is 22.0. The molecule has 0 spiro atoms. The number of aromatic nitrogens is 3. The SMILES string of the molecule is Cc1nc(NCCOCCOCCOCCOCCC(=O)OC(C)(C)C)cc(Nc2ncc(C(=O)Nc3c(C)cccc3Cl)s2)n1. The highest BCUT2D eigenvalue weighted by molar-refractivity contribution is 7.17. The zero-order valence-electron chi connectivity index (χ0n) is 26.9. The first-order valence-corrected chi connectivity index (χ1v) is 16.1. The Morgan fingerprint density at radius 1 is 0.891 bits per heavy atom. The molecule has 15 heteroatoms. The van der Waals surface area contributed by atoms with Crippen molar-refractivity contribution in [2.75, 3.05) is 75.4 Å². The summed E-state index contributed by atoms with van der Waals surface area (Å²) in [5.41, 5.74) is 0.961. The molecule has 0 saturated heterocycles. The molecule has 3 rings (SSSR count). The van der Waals surface area contributed by atoms with E-state index in [-0.39, 0.29) is 18.3 Å². The summed E-state index contributed by atoms with van der Waals surface area (Å²) in [4.78, 5) is 37.9. The van der Waals surface area contributed by atoms with Crippen molar-refractivity contribution in [2.45, 2.75) is 46.6 Å². The van der Waals surface area contributed by atoms with Crippen molar-refractivity contribution in [2.24, 2.45) is 0 Å². The van der Waals surface area contributed by atoms with Gasteiger partial charge in [-0.05, 0) is 46.2 Å². The monoisotopic (exact) mass is 678 g/mol. The molecule has 1 aromatic carbocycles. The molecule has 252 valence electrons. The predicted octanol–water partition coefficient (Wildman–Crippen LogP) is 5.41. The molecule has 3 aromatic rings. The van der Waals surface area contributed by atoms with Gasteiger partial charge in [0.15, 0.2) is 5.13 Å². The number of thiazole rings is 1. The molecule has 0 bridgehead atoms. The molecular formula is C31H43ClN6O7S. The van der Waals surface area contributed by atoms with Crippen molar-refractivity contribution in [3.63, 3.8) is 0 Å². The summed E-state index contributed by atoms with van der Waals surface area (Å²) in [7, 11) is 0. The van der Waals surface area contributed by atoms with E-state index in [1.807, 2.05) is 39.8 Å². The molecule has 0 fully saturated rings. The van der Waals surface area contributed by atoms with Gasteiger partial charge in [0.2, 0.25) is 0 Å². The number of amides is 1. The van der Waals surface area contributed by atoms with Gasteiger partial charge in [-0.25, -0.2) is 15.0 Å². The van der Waals surface area contributed by atoms with Crippen LogP contribution in [0.5, 0.6) is 0 Å². The molecule has 2 aromatic heterocycles. The van der Waals surface area contributed by atoms with Gasteiger partial charge in [0.1, 0.15) is 27.9 Å². The number of hydrogen-bond donors (Lipinski definition) is 3. The number of nitrogens with one attached hydrogen (secondary N) is 3. The zero-order valence-corrected chi connectivity index (χ0v) is 28.5. The van der Waals surface area contributed by atoms with Crippen molar-refractivity contribution < 1.29 is 33.3 Å². The molecule has 2 heterocycles. The second-order valence-electron chi connectivity index (χ2n) is 10.9. The fraction of sp³-hybridized carbons (Fsp3) is 0.516. The number of halogens is 1. The molecule has 0 atom stereocenters. The van der Waals surface area contributed by atoms with Crippen LogP contribution in [0.15, 0.2) is 30.5 Å². The Hall–Kier alpha value is -3.40. The maximum Gasteiger partial charge on any atom is 0.308 e. The fourth-order valence-electron chi connectivity index (χ4n) is 3.80. The van der Waals surface area contributed by atoms with Gasteiger partial charge in [-0.2, -0.15) is 0 Å². The molecule has 0 radical (unpaired) electrons. The first-order valence-electron chi connectivity index (χ1n) is 14.9. The van der Waals surface area contributed by atoms with Crippen molar-refractivity contribution >= 4 is 57.3 Å². The highest BCUT2D eigenvalue weighted by Gasteiger charge is 2.16. The largest absolute Gasteiger partial charge is 0.460 e. The summed E-state index contributed by atoms with van der Waals surface area (Å²) < 4.78 is 27.2. The summed E-state index contributed by atoms with van der Waals surface area (Å²) >= 11 is 7.44. The minimum absolute atomic E-state index is 0.218. The summed E-state index contributed by atoms with van der Waals surface area (Å²) in [5.74, 6) is 1.17. The summed E-state index contributed by atoms with van der Waals surface area (Å²) in [6.45, 7) is 13.1. The topological polar surface area (TPSA) is 155 Å². The third kappa shape index (κ3) is 14.4. The molecular weight excluding hydrogens is 636 g/mol. The van der Waals surface area contributed by atoms with E-state index < -0.39 is 5.60 Å². The van der Waals surface area contributed by atoms with Gasteiger partial charge in [-0.1, -0.05) is 35.1 Å². The molecule has 13 nitrogen and oxygen atoms in total. The molecule has 0 unspecified atom stereocenters. The Labute approximate surface area is 278 Å². The van der Waals surface area contributed by atoms with E-state index in [0.717, 1.165) is 5.56 Å². The van der Waals surface area contributed by atoms with Gasteiger partial charge < -0.3 is 39.6 Å². The van der Waals surface area contributed by atoms with Crippen LogP contribution in [0.2, 0.25) is 5.02 Å². The van der Waals surface area contributed by atoms with Crippen molar-refractivity contribution in [1.29, 1.82) is 0 Å². The standard InChI is InChI=1S/C31H43ClN6O7S/c1-21-7-6-8-23(32)28(21)38-29(40)24-20-34-30(46-24)37-26-19-25(35-22(2)36-26)33-10-12-42-14-16-44-18-17-43-15-13-41-11-9-27(39)45-31(3,4)5/h6-8,19-20H,9-18H2,1-5H3,(H,38,40)(H2,33,34,35,36,37). The number of benzene rings is 1. The van der Waals surface area contributed by atoms with Crippen LogP contribution in [0.4, 0.5) is 22.5 Å². The van der Waals surface area contributed by atoms with E-state index in [9.17, 15) is 9.59 Å². The average molecular weight is 679 g/mol. The summed E-state index contributed by atoms with van der Waals surface area (Å²) in [6, 6.07) is 7.20. The molecule has 0 saturated carbocycles. The van der Waals surface area contributed by atoms with Crippen LogP contribution in [0, 0.1) is 13.8 Å². The predicted molar refractivity (Wildman–Crippen MR) is 179 cm³/mol. The van der Waals surface area contributed by atoms with E-state index in [1.54, 1.807) is 19.1 Å². The van der Waals surface area contributed by atoms with Crippen molar-refractivity contribution in [3.8, 4) is 0 Å². The van der Waals surface area contributed by atoms with Gasteiger partial charge in [0.25, 0.3) is 5.91 Å². The number of carbonyl (C=O) groups excluding carboxylic acids is 2. The number of para-hydroxylation sites is 1. The minimum Gasteiger partial charge on any atom is -0.460 e. The van der Waals surface area contributed by atoms with Crippen LogP contribution < -0.4 is 16.0 Å². The molecule has 0 aliphatic carbocycles. The highest BCUT2D eigenvalue weighted by Crippen LogP contribution is 2.28. The smallest absolute Gasteiger partial charge is 0.308 e. The van der Waals surface area contributed by atoms with Gasteiger partial charge in [-0.15, -0.1) is 0 Å². The van der Waals surface area contributed by atoms with Crippen molar-refractivity contribution in [3.05, 3.63) is 51.7 Å². The molecule has 46 heavy (non-hydrogen) atoms. The maximum absolute atomic E-state index is 12.7. The van der Waals surface area contributed by atoms with Crippen LogP contribution in [0.25, 0.3) is 0 Å². The number of anilines is 4. The minimum atomic E-state index is -0.486. The number of ether oxygens (including phenoxy) is 5. The lowest BCUT2D eigenvalue weighted by atomic mass is 10.2. The van der Waals surface area contributed by atoms with Crippen molar-refractivity contribution in [1.82, 2.24) is 15.0 Å². The quantitative estimate of drug-likeness (QED) is 0.103. The Bertz CT molecular complexity index is 1380. The normalized spacial score (nSPS) is 11.3. The van der Waals surface area contributed by atoms with E-state index in [1.165, 1.54) is 17.5 Å². The number of esters is 1. The van der Waals surface area contributed by atoms with Gasteiger partial charge in [-0.3, -0.25) is 9.59 Å². The number of carbonyl (C=O) groups is 2. The first kappa shape index (κ1) is 37.1. The molecule has 0 aliphatic heterocycles. The van der Waals surface area contributed by atoms with Gasteiger partial charge >= 0.3 is 5.97 Å². The van der Waals surface area contributed by atoms with Crippen LogP contribution >= 0.6 is 22.9 Å². The summed E-state index contributed by atoms with van der Waals surface area (Å²) in [5, 5.41) is 10.2. The molecule has 3 N–H and O–H groups in total. The Kier molecular flexibility index (Phi) is 15.6.